The Balaban J connectivity index is 0.989. The maximum absolute atomic E-state index is 6.99. The third kappa shape index (κ3) is 6.59. The van der Waals surface area contributed by atoms with Crippen molar-refractivity contribution in [2.75, 3.05) is 14.7 Å². The first-order valence-electron chi connectivity index (χ1n) is 27.3. The number of benzene rings is 12. The Hall–Kier alpha value is -8.84. The summed E-state index contributed by atoms with van der Waals surface area (Å²) < 4.78 is 9.59. The predicted molar refractivity (Wildman–Crippen MR) is 336 cm³/mol. The molecule has 78 heavy (non-hydrogen) atoms. The van der Waals surface area contributed by atoms with E-state index in [1.807, 2.05) is 11.3 Å². The number of hydrogen-bond donors (Lipinski definition) is 0. The van der Waals surface area contributed by atoms with Gasteiger partial charge in [0.05, 0.1) is 11.4 Å². The average molecular weight is 1020 g/mol. The molecule has 0 spiro atoms. The molecule has 2 aliphatic rings. The molecule has 6 heteroatoms. The smallest absolute Gasteiger partial charge is 0.252 e. The molecule has 0 aliphatic carbocycles. The fraction of sp³-hybridized carbons (Fsp3) is 0.111. The molecule has 0 fully saturated rings. The van der Waals surface area contributed by atoms with Gasteiger partial charge in [0.15, 0.2) is 5.58 Å². The third-order valence-electron chi connectivity index (χ3n) is 17.1. The zero-order chi connectivity index (χ0) is 52.3. The number of hydrogen-bond acceptors (Lipinski definition) is 5. The molecular formula is C72H54BN3OS. The second kappa shape index (κ2) is 16.3. The van der Waals surface area contributed by atoms with Crippen LogP contribution in [0, 0.1) is 0 Å². The van der Waals surface area contributed by atoms with Crippen LogP contribution in [0.4, 0.5) is 51.2 Å². The maximum atomic E-state index is 6.99. The quantitative estimate of drug-likeness (QED) is 0.127. The highest BCUT2D eigenvalue weighted by molar-refractivity contribution is 7.26. The molecule has 372 valence electrons. The second-order valence-corrected chi connectivity index (χ2v) is 24.8. The zero-order valence-corrected chi connectivity index (χ0v) is 45.3. The van der Waals surface area contributed by atoms with E-state index in [4.69, 9.17) is 4.42 Å². The van der Waals surface area contributed by atoms with Crippen LogP contribution in [0.3, 0.4) is 0 Å². The molecule has 0 radical (unpaired) electrons. The molecule has 4 nitrogen and oxygen atoms in total. The molecule has 0 N–H and O–H groups in total. The van der Waals surface area contributed by atoms with Crippen molar-refractivity contribution in [3.63, 3.8) is 0 Å². The topological polar surface area (TPSA) is 22.9 Å². The zero-order valence-electron chi connectivity index (χ0n) is 44.5. The molecule has 0 amide bonds. The van der Waals surface area contributed by atoms with Crippen molar-refractivity contribution in [2.45, 2.75) is 52.4 Å². The molecule has 0 bridgehead atoms. The summed E-state index contributed by atoms with van der Waals surface area (Å²) in [5.74, 6) is 0. The Morgan fingerprint density at radius 1 is 0.410 bits per heavy atom. The van der Waals surface area contributed by atoms with E-state index in [0.717, 1.165) is 56.1 Å². The summed E-state index contributed by atoms with van der Waals surface area (Å²) in [5.41, 5.74) is 18.4. The number of anilines is 9. The van der Waals surface area contributed by atoms with Crippen molar-refractivity contribution in [1.29, 1.82) is 0 Å². The molecular weight excluding hydrogens is 966 g/mol. The molecule has 0 saturated heterocycles. The van der Waals surface area contributed by atoms with Crippen LogP contribution in [0.1, 0.15) is 52.7 Å². The number of para-hydroxylation sites is 2. The first kappa shape index (κ1) is 45.4. The molecule has 0 atom stereocenters. The van der Waals surface area contributed by atoms with Crippen LogP contribution in [0.25, 0.3) is 74.4 Å². The number of rotatable bonds is 5. The van der Waals surface area contributed by atoms with Gasteiger partial charge in [0.2, 0.25) is 0 Å². The minimum Gasteiger partial charge on any atom is -0.454 e. The van der Waals surface area contributed by atoms with Crippen molar-refractivity contribution >= 4 is 160 Å². The van der Waals surface area contributed by atoms with Crippen LogP contribution in [-0.2, 0) is 10.8 Å². The van der Waals surface area contributed by atoms with Gasteiger partial charge in [-0.05, 0) is 150 Å². The lowest BCUT2D eigenvalue weighted by atomic mass is 9.33. The molecule has 2 aromatic heterocycles. The van der Waals surface area contributed by atoms with Crippen molar-refractivity contribution in [3.8, 4) is 0 Å². The van der Waals surface area contributed by atoms with E-state index in [9.17, 15) is 0 Å². The standard InChI is InChI=1S/C72H54BN3OS/c1-71(2,3)46-28-32-48(33-29-46)74-59-19-13-20-60-69(59)73(57-42-66-55(52-17-8-10-23-65(52)78-66)41-63(57)75(60)49-34-30-47(31-35-49)72(4,5)6)56-38-36-50(40-62(56)74)76(61-21-12-18-53-51-16-7-9-22-64(51)77-70(53)61)58-39-27-45-25-24-43-14-11-15-44-26-37-54(58)68(45)67(43)44/h7-42H,1-6H3. The van der Waals surface area contributed by atoms with E-state index < -0.39 is 0 Å². The van der Waals surface area contributed by atoms with Gasteiger partial charge in [0, 0.05) is 76.1 Å². The van der Waals surface area contributed by atoms with Gasteiger partial charge in [-0.25, -0.2) is 0 Å². The summed E-state index contributed by atoms with van der Waals surface area (Å²) in [6, 6.07) is 82.4. The minimum absolute atomic E-state index is 0.00789. The average Bonchev–Trinajstić information content (AvgIpc) is 4.17. The van der Waals surface area contributed by atoms with Gasteiger partial charge >= 0.3 is 0 Å². The third-order valence-corrected chi connectivity index (χ3v) is 18.2. The van der Waals surface area contributed by atoms with E-state index in [-0.39, 0.29) is 17.5 Å². The van der Waals surface area contributed by atoms with E-state index in [0.29, 0.717) is 0 Å². The summed E-state index contributed by atoms with van der Waals surface area (Å²) in [4.78, 5) is 7.57. The highest BCUT2D eigenvalue weighted by Crippen LogP contribution is 2.51. The monoisotopic (exact) mass is 1020 g/mol. The van der Waals surface area contributed by atoms with Crippen LogP contribution in [0.15, 0.2) is 223 Å². The summed E-state index contributed by atoms with van der Waals surface area (Å²) in [6.07, 6.45) is 0. The fourth-order valence-corrected chi connectivity index (χ4v) is 14.4. The Labute approximate surface area is 458 Å². The van der Waals surface area contributed by atoms with Crippen LogP contribution >= 0.6 is 11.3 Å². The Morgan fingerprint density at radius 2 is 1.00 bits per heavy atom. The van der Waals surface area contributed by atoms with Gasteiger partial charge < -0.3 is 19.1 Å². The molecule has 0 saturated carbocycles. The van der Waals surface area contributed by atoms with Crippen molar-refractivity contribution < 1.29 is 4.42 Å². The fourth-order valence-electron chi connectivity index (χ4n) is 13.3. The van der Waals surface area contributed by atoms with Gasteiger partial charge in [0.1, 0.15) is 5.58 Å². The second-order valence-electron chi connectivity index (χ2n) is 23.7. The predicted octanol–water partition coefficient (Wildman–Crippen LogP) is 19.0. The lowest BCUT2D eigenvalue weighted by Crippen LogP contribution is -2.61. The van der Waals surface area contributed by atoms with Gasteiger partial charge in [-0.1, -0.05) is 175 Å². The number of thiophene rings is 1. The van der Waals surface area contributed by atoms with Crippen LogP contribution in [0.5, 0.6) is 0 Å². The number of furan rings is 1. The van der Waals surface area contributed by atoms with Gasteiger partial charge in [0.25, 0.3) is 6.71 Å². The normalized spacial score (nSPS) is 13.4. The minimum atomic E-state index is -0.0677. The van der Waals surface area contributed by atoms with Crippen molar-refractivity contribution in [2.24, 2.45) is 0 Å². The van der Waals surface area contributed by atoms with Gasteiger partial charge in [-0.2, -0.15) is 0 Å². The molecule has 12 aromatic carbocycles. The summed E-state index contributed by atoms with van der Waals surface area (Å²) in [5, 5.41) is 12.3. The highest BCUT2D eigenvalue weighted by atomic mass is 32.1. The summed E-state index contributed by atoms with van der Waals surface area (Å²) >= 11 is 1.90. The van der Waals surface area contributed by atoms with Crippen LogP contribution in [-0.4, -0.2) is 6.71 Å². The Morgan fingerprint density at radius 3 is 1.71 bits per heavy atom. The summed E-state index contributed by atoms with van der Waals surface area (Å²) in [6.45, 7) is 13.7. The van der Waals surface area contributed by atoms with E-state index >= 15 is 0 Å². The van der Waals surface area contributed by atoms with E-state index in [1.54, 1.807) is 0 Å². The lowest BCUT2D eigenvalue weighted by Gasteiger charge is -2.44. The van der Waals surface area contributed by atoms with Gasteiger partial charge in [-0.15, -0.1) is 11.3 Å². The molecule has 16 rings (SSSR count). The summed E-state index contributed by atoms with van der Waals surface area (Å²) in [7, 11) is 0. The van der Waals surface area contributed by atoms with Gasteiger partial charge in [-0.3, -0.25) is 0 Å². The molecule has 2 aliphatic heterocycles. The largest absolute Gasteiger partial charge is 0.454 e. The SMILES string of the molecule is CC(C)(C)c1ccc(N2c3cc(N(c4ccc5ccc6cccc7ccc4c5c67)c4cccc5c4oc4ccccc45)ccc3B3c4cc5sc6ccccc6c5cc4N(c4ccc(C(C)(C)C)cc4)c4cccc2c43)cc1. The lowest BCUT2D eigenvalue weighted by molar-refractivity contribution is 0.590. The van der Waals surface area contributed by atoms with Crippen LogP contribution < -0.4 is 31.1 Å². The number of nitrogens with zero attached hydrogens (tertiary/aromatic N) is 3. The van der Waals surface area contributed by atoms with E-state index in [2.05, 4.69) is 275 Å². The Bertz CT molecular complexity index is 4770. The first-order chi connectivity index (χ1) is 37.9. The van der Waals surface area contributed by atoms with Crippen molar-refractivity contribution in [3.05, 3.63) is 230 Å². The molecule has 0 unspecified atom stereocenters. The van der Waals surface area contributed by atoms with Crippen LogP contribution in [0.2, 0.25) is 0 Å². The number of fused-ring (bicyclic) bond motifs is 10. The first-order valence-corrected chi connectivity index (χ1v) is 28.2. The van der Waals surface area contributed by atoms with Crippen molar-refractivity contribution in [1.82, 2.24) is 0 Å². The molecule has 14 aromatic rings. The molecule has 4 heterocycles. The maximum Gasteiger partial charge on any atom is 0.252 e. The Kier molecular flexibility index (Phi) is 9.51. The highest BCUT2D eigenvalue weighted by Gasteiger charge is 2.44. The van der Waals surface area contributed by atoms with E-state index in [1.165, 1.54) is 97.1 Å².